The van der Waals surface area contributed by atoms with Gasteiger partial charge >= 0.3 is 0 Å². The third-order valence-corrected chi connectivity index (χ3v) is 7.05. The van der Waals surface area contributed by atoms with Crippen molar-refractivity contribution in [2.75, 3.05) is 18.4 Å². The Morgan fingerprint density at radius 1 is 0.933 bits per heavy atom. The molecule has 1 fully saturated rings. The molecule has 0 aliphatic carbocycles. The quantitative estimate of drug-likeness (QED) is 0.587. The van der Waals surface area contributed by atoms with Gasteiger partial charge in [-0.1, -0.05) is 42.5 Å². The lowest BCUT2D eigenvalue weighted by atomic mass is 10.0. The van der Waals surface area contributed by atoms with E-state index >= 15 is 0 Å². The van der Waals surface area contributed by atoms with E-state index < -0.39 is 10.0 Å². The highest BCUT2D eigenvalue weighted by Crippen LogP contribution is 2.28. The SMILES string of the molecule is Cc1ccccc1NC(=O)c1ccc(S(=O)(=O)NC2CCNCC2)c2ccccc12. The molecule has 0 saturated carbocycles. The number of carbonyl (C=O) groups excluding carboxylic acids is 1. The number of hydrogen-bond donors (Lipinski definition) is 3. The Balaban J connectivity index is 1.69. The van der Waals surface area contributed by atoms with Crippen LogP contribution in [0.3, 0.4) is 0 Å². The van der Waals surface area contributed by atoms with Gasteiger partial charge in [0.15, 0.2) is 0 Å². The van der Waals surface area contributed by atoms with E-state index in [1.165, 1.54) is 6.07 Å². The second-order valence-corrected chi connectivity index (χ2v) is 9.25. The number of aryl methyl sites for hydroxylation is 1. The van der Waals surface area contributed by atoms with Gasteiger partial charge in [-0.3, -0.25) is 4.79 Å². The first-order valence-electron chi connectivity index (χ1n) is 10.1. The molecule has 4 rings (SSSR count). The van der Waals surface area contributed by atoms with Crippen LogP contribution in [0.15, 0.2) is 65.6 Å². The summed E-state index contributed by atoms with van der Waals surface area (Å²) < 4.78 is 29.0. The monoisotopic (exact) mass is 423 g/mol. The van der Waals surface area contributed by atoms with Crippen molar-refractivity contribution in [2.45, 2.75) is 30.7 Å². The largest absolute Gasteiger partial charge is 0.322 e. The molecule has 3 aromatic rings. The van der Waals surface area contributed by atoms with Crippen LogP contribution < -0.4 is 15.4 Å². The summed E-state index contributed by atoms with van der Waals surface area (Å²) in [6.45, 7) is 3.52. The standard InChI is InChI=1S/C23H25N3O3S/c1-16-6-2-5-9-21(16)25-23(27)20-10-11-22(19-8-4-3-7-18(19)20)30(28,29)26-17-12-14-24-15-13-17/h2-11,17,24,26H,12-15H2,1H3,(H,25,27). The van der Waals surface area contributed by atoms with E-state index in [4.69, 9.17) is 0 Å². The Bertz CT molecular complexity index is 1190. The Morgan fingerprint density at radius 3 is 2.33 bits per heavy atom. The summed E-state index contributed by atoms with van der Waals surface area (Å²) in [4.78, 5) is 13.2. The van der Waals surface area contributed by atoms with Crippen molar-refractivity contribution in [1.29, 1.82) is 0 Å². The van der Waals surface area contributed by atoms with Crippen LogP contribution >= 0.6 is 0 Å². The number of nitrogens with one attached hydrogen (secondary N) is 3. The number of anilines is 1. The summed E-state index contributed by atoms with van der Waals surface area (Å²) in [6, 6.07) is 17.7. The molecule has 3 N–H and O–H groups in total. The van der Waals surface area contributed by atoms with Crippen LogP contribution in [0.5, 0.6) is 0 Å². The van der Waals surface area contributed by atoms with Crippen LogP contribution in [0.1, 0.15) is 28.8 Å². The minimum Gasteiger partial charge on any atom is -0.322 e. The second kappa shape index (κ2) is 8.55. The van der Waals surface area contributed by atoms with Crippen molar-refractivity contribution in [3.8, 4) is 0 Å². The normalized spacial score (nSPS) is 15.2. The van der Waals surface area contributed by atoms with Crippen molar-refractivity contribution in [2.24, 2.45) is 0 Å². The van der Waals surface area contributed by atoms with Crippen molar-refractivity contribution in [3.05, 3.63) is 71.8 Å². The molecular weight excluding hydrogens is 398 g/mol. The lowest BCUT2D eigenvalue weighted by Gasteiger charge is -2.24. The zero-order chi connectivity index (χ0) is 21.1. The van der Waals surface area contributed by atoms with Gasteiger partial charge in [-0.05, 0) is 62.0 Å². The molecule has 7 heteroatoms. The van der Waals surface area contributed by atoms with E-state index in [1.807, 2.05) is 37.3 Å². The average molecular weight is 424 g/mol. The van der Waals surface area contributed by atoms with E-state index in [9.17, 15) is 13.2 Å². The van der Waals surface area contributed by atoms with Crippen LogP contribution in [0.4, 0.5) is 5.69 Å². The molecular formula is C23H25N3O3S. The molecule has 1 aliphatic heterocycles. The fraction of sp³-hybridized carbons (Fsp3) is 0.261. The minimum absolute atomic E-state index is 0.0842. The predicted molar refractivity (Wildman–Crippen MR) is 119 cm³/mol. The van der Waals surface area contributed by atoms with E-state index in [-0.39, 0.29) is 16.8 Å². The first-order valence-corrected chi connectivity index (χ1v) is 11.6. The van der Waals surface area contributed by atoms with Gasteiger partial charge in [0, 0.05) is 22.7 Å². The maximum absolute atomic E-state index is 13.1. The molecule has 1 amide bonds. The number of carbonyl (C=O) groups is 1. The molecule has 3 aromatic carbocycles. The zero-order valence-electron chi connectivity index (χ0n) is 16.8. The summed E-state index contributed by atoms with van der Waals surface area (Å²) in [5, 5.41) is 7.31. The van der Waals surface area contributed by atoms with Crippen molar-refractivity contribution in [3.63, 3.8) is 0 Å². The Morgan fingerprint density at radius 2 is 1.60 bits per heavy atom. The predicted octanol–water partition coefficient (Wildman–Crippen LogP) is 3.43. The van der Waals surface area contributed by atoms with Crippen LogP contribution in [0.2, 0.25) is 0 Å². The number of hydrogen-bond acceptors (Lipinski definition) is 4. The van der Waals surface area contributed by atoms with Gasteiger partial charge in [-0.25, -0.2) is 13.1 Å². The summed E-state index contributed by atoms with van der Waals surface area (Å²) in [7, 11) is -3.70. The number of fused-ring (bicyclic) bond motifs is 1. The lowest BCUT2D eigenvalue weighted by Crippen LogP contribution is -2.42. The van der Waals surface area contributed by atoms with Gasteiger partial charge in [0.1, 0.15) is 0 Å². The van der Waals surface area contributed by atoms with Crippen LogP contribution in [-0.2, 0) is 10.0 Å². The fourth-order valence-corrected chi connectivity index (χ4v) is 5.35. The van der Waals surface area contributed by atoms with Gasteiger partial charge in [-0.2, -0.15) is 0 Å². The lowest BCUT2D eigenvalue weighted by molar-refractivity contribution is 0.102. The first-order chi connectivity index (χ1) is 14.5. The summed E-state index contributed by atoms with van der Waals surface area (Å²) in [6.07, 6.45) is 1.52. The molecule has 0 bridgehead atoms. The highest BCUT2D eigenvalue weighted by molar-refractivity contribution is 7.89. The molecule has 0 unspecified atom stereocenters. The highest BCUT2D eigenvalue weighted by Gasteiger charge is 2.25. The van der Waals surface area contributed by atoms with Gasteiger partial charge in [0.05, 0.1) is 4.90 Å². The van der Waals surface area contributed by atoms with E-state index in [0.717, 1.165) is 37.2 Å². The summed E-state index contributed by atoms with van der Waals surface area (Å²) >= 11 is 0. The van der Waals surface area contributed by atoms with Gasteiger partial charge < -0.3 is 10.6 Å². The average Bonchev–Trinajstić information content (AvgIpc) is 2.75. The molecule has 1 heterocycles. The molecule has 0 atom stereocenters. The summed E-state index contributed by atoms with van der Waals surface area (Å²) in [5.74, 6) is -0.268. The van der Waals surface area contributed by atoms with Crippen molar-refractivity contribution < 1.29 is 13.2 Å². The first kappa shape index (κ1) is 20.5. The molecule has 156 valence electrons. The Kier molecular flexibility index (Phi) is 5.85. The number of amides is 1. The number of para-hydroxylation sites is 1. The Hall–Kier alpha value is -2.74. The number of piperidine rings is 1. The molecule has 6 nitrogen and oxygen atoms in total. The van der Waals surface area contributed by atoms with Crippen LogP contribution in [0, 0.1) is 6.92 Å². The highest BCUT2D eigenvalue weighted by atomic mass is 32.2. The van der Waals surface area contributed by atoms with E-state index in [1.54, 1.807) is 24.3 Å². The molecule has 0 aromatic heterocycles. The maximum Gasteiger partial charge on any atom is 0.256 e. The van der Waals surface area contributed by atoms with E-state index in [0.29, 0.717) is 16.3 Å². The molecule has 0 spiro atoms. The summed E-state index contributed by atoms with van der Waals surface area (Å²) in [5.41, 5.74) is 2.13. The second-order valence-electron chi connectivity index (χ2n) is 7.57. The smallest absolute Gasteiger partial charge is 0.256 e. The van der Waals surface area contributed by atoms with E-state index in [2.05, 4.69) is 15.4 Å². The van der Waals surface area contributed by atoms with Crippen molar-refractivity contribution >= 4 is 32.4 Å². The van der Waals surface area contributed by atoms with Gasteiger partial charge in [0.2, 0.25) is 10.0 Å². The van der Waals surface area contributed by atoms with Crippen LogP contribution in [0.25, 0.3) is 10.8 Å². The van der Waals surface area contributed by atoms with Crippen LogP contribution in [-0.4, -0.2) is 33.5 Å². The van der Waals surface area contributed by atoms with Gasteiger partial charge in [-0.15, -0.1) is 0 Å². The zero-order valence-corrected chi connectivity index (χ0v) is 17.6. The third-order valence-electron chi connectivity index (χ3n) is 5.47. The maximum atomic E-state index is 13.1. The molecule has 30 heavy (non-hydrogen) atoms. The topological polar surface area (TPSA) is 87.3 Å². The molecule has 1 saturated heterocycles. The number of sulfonamides is 1. The molecule has 1 aliphatic rings. The van der Waals surface area contributed by atoms with Crippen molar-refractivity contribution in [1.82, 2.24) is 10.0 Å². The Labute approximate surface area is 176 Å². The van der Waals surface area contributed by atoms with Gasteiger partial charge in [0.25, 0.3) is 5.91 Å². The molecule has 0 radical (unpaired) electrons. The fourth-order valence-electron chi connectivity index (χ4n) is 3.83. The number of rotatable bonds is 5. The number of benzene rings is 3. The minimum atomic E-state index is -3.70. The third kappa shape index (κ3) is 4.23.